The monoisotopic (exact) mass is 218 g/mol. The van der Waals surface area contributed by atoms with Crippen LogP contribution in [0.15, 0.2) is 0 Å². The van der Waals surface area contributed by atoms with Crippen molar-refractivity contribution in [2.24, 2.45) is 0 Å². The maximum absolute atomic E-state index is 5.01. The zero-order valence-electron chi connectivity index (χ0n) is 11.1. The predicted molar refractivity (Wildman–Crippen MR) is 68.5 cm³/mol. The quantitative estimate of drug-likeness (QED) is 0.581. The Hall–Kier alpha value is -0.120. The first-order chi connectivity index (χ1) is 7.33. The van der Waals surface area contributed by atoms with Crippen molar-refractivity contribution in [2.45, 2.75) is 39.5 Å². The third-order valence-electron chi connectivity index (χ3n) is 1.98. The summed E-state index contributed by atoms with van der Waals surface area (Å²) in [5.74, 6) is 0. The van der Waals surface area contributed by atoms with E-state index in [2.05, 4.69) is 17.6 Å². The zero-order valence-corrected chi connectivity index (χ0v) is 11.1. The minimum absolute atomic E-state index is 0.821. The van der Waals surface area contributed by atoms with Gasteiger partial charge in [-0.1, -0.05) is 26.2 Å². The van der Waals surface area contributed by atoms with Crippen molar-refractivity contribution in [3.63, 3.8) is 0 Å². The van der Waals surface area contributed by atoms with Crippen molar-refractivity contribution >= 4 is 0 Å². The van der Waals surface area contributed by atoms with Crippen LogP contribution in [0, 0.1) is 0 Å². The van der Waals surface area contributed by atoms with Crippen LogP contribution in [-0.4, -0.2) is 40.4 Å². The van der Waals surface area contributed by atoms with Crippen LogP contribution in [0.5, 0.6) is 0 Å². The van der Waals surface area contributed by atoms with Gasteiger partial charge in [-0.05, 0) is 34.0 Å². The van der Waals surface area contributed by atoms with Crippen molar-refractivity contribution in [1.82, 2.24) is 10.6 Å². The highest BCUT2D eigenvalue weighted by Crippen LogP contribution is 1.96. The second kappa shape index (κ2) is 19.5. The molecule has 3 nitrogen and oxygen atoms in total. The Morgan fingerprint density at radius 1 is 0.867 bits per heavy atom. The van der Waals surface area contributed by atoms with Gasteiger partial charge < -0.3 is 15.4 Å². The molecule has 0 aromatic rings. The Bertz CT molecular complexity index is 79.7. The number of rotatable bonds is 9. The minimum atomic E-state index is 0.821. The Kier molecular flexibility index (Phi) is 22.4. The van der Waals surface area contributed by atoms with Crippen LogP contribution in [0.2, 0.25) is 0 Å². The largest absolute Gasteiger partial charge is 0.380 e. The molecule has 0 aliphatic rings. The summed E-state index contributed by atoms with van der Waals surface area (Å²) in [6.45, 7) is 8.01. The Morgan fingerprint density at radius 3 is 2.00 bits per heavy atom. The van der Waals surface area contributed by atoms with Gasteiger partial charge in [0.05, 0.1) is 6.61 Å². The minimum Gasteiger partial charge on any atom is -0.380 e. The topological polar surface area (TPSA) is 33.3 Å². The number of ether oxygens (including phenoxy) is 1. The van der Waals surface area contributed by atoms with Gasteiger partial charge in [-0.3, -0.25) is 0 Å². The first kappa shape index (κ1) is 17.3. The fraction of sp³-hybridized carbons (Fsp3) is 1.00. The lowest BCUT2D eigenvalue weighted by molar-refractivity contribution is 0.151. The Labute approximate surface area is 96.0 Å². The van der Waals surface area contributed by atoms with Gasteiger partial charge in [0.2, 0.25) is 0 Å². The summed E-state index contributed by atoms with van der Waals surface area (Å²) in [5.41, 5.74) is 0. The highest BCUT2D eigenvalue weighted by molar-refractivity contribution is 4.41. The van der Waals surface area contributed by atoms with E-state index in [0.717, 1.165) is 19.8 Å². The predicted octanol–water partition coefficient (Wildman–Crippen LogP) is 2.03. The number of hydrogen-bond donors (Lipinski definition) is 2. The van der Waals surface area contributed by atoms with Crippen molar-refractivity contribution < 1.29 is 4.74 Å². The van der Waals surface area contributed by atoms with E-state index in [1.807, 2.05) is 21.0 Å². The molecule has 15 heavy (non-hydrogen) atoms. The molecule has 0 heterocycles. The van der Waals surface area contributed by atoms with E-state index in [4.69, 9.17) is 4.74 Å². The van der Waals surface area contributed by atoms with Gasteiger partial charge in [0, 0.05) is 13.2 Å². The van der Waals surface area contributed by atoms with Crippen molar-refractivity contribution in [1.29, 1.82) is 0 Å². The normalized spacial score (nSPS) is 9.60. The van der Waals surface area contributed by atoms with Gasteiger partial charge in [0.1, 0.15) is 0 Å². The summed E-state index contributed by atoms with van der Waals surface area (Å²) in [7, 11) is 3.92. The van der Waals surface area contributed by atoms with Gasteiger partial charge in [-0.15, -0.1) is 0 Å². The molecule has 0 bridgehead atoms. The molecule has 0 aliphatic carbocycles. The molecule has 0 unspecified atom stereocenters. The molecule has 0 aromatic carbocycles. The highest BCUT2D eigenvalue weighted by Gasteiger charge is 1.82. The highest BCUT2D eigenvalue weighted by atomic mass is 16.5. The standard InChI is InChI=1S/C7H17N.C5H13NO/c1-3-4-5-6-7-8-2;1-3-7-5-4-6-2/h8H,3-7H2,1-2H3;6H,3-5H2,1-2H3. The third-order valence-corrected chi connectivity index (χ3v) is 1.98. The molecule has 0 amide bonds. The van der Waals surface area contributed by atoms with E-state index in [9.17, 15) is 0 Å². The van der Waals surface area contributed by atoms with Gasteiger partial charge in [0.25, 0.3) is 0 Å². The smallest absolute Gasteiger partial charge is 0.0590 e. The number of hydrogen-bond acceptors (Lipinski definition) is 3. The molecule has 0 atom stereocenters. The lowest BCUT2D eigenvalue weighted by Crippen LogP contribution is -2.13. The molecule has 3 heteroatoms. The average molecular weight is 218 g/mol. The second-order valence-electron chi connectivity index (χ2n) is 3.46. The molecule has 0 aromatic heterocycles. The first-order valence-electron chi connectivity index (χ1n) is 6.20. The molecule has 0 fully saturated rings. The van der Waals surface area contributed by atoms with E-state index < -0.39 is 0 Å². The van der Waals surface area contributed by atoms with E-state index >= 15 is 0 Å². The fourth-order valence-corrected chi connectivity index (χ4v) is 1.05. The van der Waals surface area contributed by atoms with E-state index in [-0.39, 0.29) is 0 Å². The molecule has 0 radical (unpaired) electrons. The van der Waals surface area contributed by atoms with Crippen LogP contribution in [0.1, 0.15) is 39.5 Å². The molecule has 0 saturated carbocycles. The van der Waals surface area contributed by atoms with Crippen LogP contribution in [-0.2, 0) is 4.74 Å². The van der Waals surface area contributed by atoms with Gasteiger partial charge in [-0.2, -0.15) is 0 Å². The molecule has 0 saturated heterocycles. The maximum Gasteiger partial charge on any atom is 0.0590 e. The van der Waals surface area contributed by atoms with Gasteiger partial charge >= 0.3 is 0 Å². The second-order valence-corrected chi connectivity index (χ2v) is 3.46. The lowest BCUT2D eigenvalue weighted by Gasteiger charge is -1.96. The summed E-state index contributed by atoms with van der Waals surface area (Å²) in [4.78, 5) is 0. The summed E-state index contributed by atoms with van der Waals surface area (Å²) >= 11 is 0. The number of likely N-dealkylation sites (N-methyl/N-ethyl adjacent to an activating group) is 1. The Balaban J connectivity index is 0. The molecular weight excluding hydrogens is 188 g/mol. The average Bonchev–Trinajstić information content (AvgIpc) is 2.26. The summed E-state index contributed by atoms with van der Waals surface area (Å²) in [5, 5.41) is 6.10. The van der Waals surface area contributed by atoms with E-state index in [1.165, 1.54) is 32.2 Å². The zero-order chi connectivity index (χ0) is 11.8. The van der Waals surface area contributed by atoms with Crippen LogP contribution in [0.25, 0.3) is 0 Å². The van der Waals surface area contributed by atoms with Crippen LogP contribution in [0.3, 0.4) is 0 Å². The first-order valence-corrected chi connectivity index (χ1v) is 6.20. The summed E-state index contributed by atoms with van der Waals surface area (Å²) in [6, 6.07) is 0. The number of unbranched alkanes of at least 4 members (excludes halogenated alkanes) is 3. The molecule has 94 valence electrons. The van der Waals surface area contributed by atoms with Crippen LogP contribution >= 0.6 is 0 Å². The molecule has 0 rings (SSSR count). The maximum atomic E-state index is 5.01. The molecule has 2 N–H and O–H groups in total. The fourth-order valence-electron chi connectivity index (χ4n) is 1.05. The summed E-state index contributed by atoms with van der Waals surface area (Å²) < 4.78 is 5.01. The summed E-state index contributed by atoms with van der Waals surface area (Å²) in [6.07, 6.45) is 5.45. The van der Waals surface area contributed by atoms with E-state index in [0.29, 0.717) is 0 Å². The molecular formula is C12H30N2O. The molecule has 0 aliphatic heterocycles. The van der Waals surface area contributed by atoms with Crippen molar-refractivity contribution in [2.75, 3.05) is 40.4 Å². The Morgan fingerprint density at radius 2 is 1.53 bits per heavy atom. The van der Waals surface area contributed by atoms with E-state index in [1.54, 1.807) is 0 Å². The SMILES string of the molecule is CCCCCCNC.CCOCCNC. The van der Waals surface area contributed by atoms with Crippen LogP contribution in [0.4, 0.5) is 0 Å². The van der Waals surface area contributed by atoms with Gasteiger partial charge in [-0.25, -0.2) is 0 Å². The van der Waals surface area contributed by atoms with Crippen molar-refractivity contribution in [3.8, 4) is 0 Å². The number of nitrogens with one attached hydrogen (secondary N) is 2. The van der Waals surface area contributed by atoms with Gasteiger partial charge in [0.15, 0.2) is 0 Å². The van der Waals surface area contributed by atoms with Crippen LogP contribution < -0.4 is 10.6 Å². The third kappa shape index (κ3) is 24.8. The molecule has 0 spiro atoms. The lowest BCUT2D eigenvalue weighted by atomic mass is 10.2. The van der Waals surface area contributed by atoms with Crippen molar-refractivity contribution in [3.05, 3.63) is 0 Å².